The highest BCUT2D eigenvalue weighted by Crippen LogP contribution is 2.26. The molecule has 1 aliphatic rings. The molecule has 26 heavy (non-hydrogen) atoms. The van der Waals surface area contributed by atoms with Crippen LogP contribution >= 0.6 is 0 Å². The summed E-state index contributed by atoms with van der Waals surface area (Å²) in [5.41, 5.74) is 2.22. The van der Waals surface area contributed by atoms with Gasteiger partial charge in [-0.2, -0.15) is 0 Å². The molecule has 2 aromatic rings. The molecular formula is C21H32N4O. The highest BCUT2D eigenvalue weighted by atomic mass is 16.1. The van der Waals surface area contributed by atoms with Crippen LogP contribution in [0.25, 0.3) is 11.0 Å². The van der Waals surface area contributed by atoms with E-state index in [4.69, 9.17) is 4.98 Å². The van der Waals surface area contributed by atoms with Crippen LogP contribution in [-0.4, -0.2) is 47.5 Å². The largest absolute Gasteiger partial charge is 0.356 e. The van der Waals surface area contributed by atoms with Crippen molar-refractivity contribution in [3.8, 4) is 0 Å². The molecule has 0 aliphatic heterocycles. The van der Waals surface area contributed by atoms with Crippen molar-refractivity contribution in [2.45, 2.75) is 51.5 Å². The second-order valence-electron chi connectivity index (χ2n) is 7.78. The lowest BCUT2D eigenvalue weighted by Gasteiger charge is -2.20. The minimum Gasteiger partial charge on any atom is -0.356 e. The van der Waals surface area contributed by atoms with Crippen molar-refractivity contribution in [2.24, 2.45) is 5.92 Å². The van der Waals surface area contributed by atoms with Gasteiger partial charge in [-0.3, -0.25) is 4.79 Å². The third-order valence-electron chi connectivity index (χ3n) is 5.37. The van der Waals surface area contributed by atoms with Crippen LogP contribution < -0.4 is 5.32 Å². The number of hydrogen-bond donors (Lipinski definition) is 1. The van der Waals surface area contributed by atoms with Gasteiger partial charge in [-0.25, -0.2) is 4.98 Å². The summed E-state index contributed by atoms with van der Waals surface area (Å²) in [4.78, 5) is 19.2. The Kier molecular flexibility index (Phi) is 6.67. The van der Waals surface area contributed by atoms with E-state index in [9.17, 15) is 4.79 Å². The Morgan fingerprint density at radius 2 is 2.00 bits per heavy atom. The maximum Gasteiger partial charge on any atom is 0.220 e. The van der Waals surface area contributed by atoms with Crippen molar-refractivity contribution in [2.75, 3.05) is 27.2 Å². The number of para-hydroxylation sites is 2. The summed E-state index contributed by atoms with van der Waals surface area (Å²) in [6, 6.07) is 8.28. The Morgan fingerprint density at radius 3 is 2.77 bits per heavy atom. The van der Waals surface area contributed by atoms with Crippen LogP contribution in [0.1, 0.15) is 44.3 Å². The third kappa shape index (κ3) is 5.07. The summed E-state index contributed by atoms with van der Waals surface area (Å²) in [5.74, 6) is 1.85. The normalized spacial score (nSPS) is 15.7. The third-order valence-corrected chi connectivity index (χ3v) is 5.37. The van der Waals surface area contributed by atoms with Crippen LogP contribution in [0.3, 0.4) is 0 Å². The minimum absolute atomic E-state index is 0.202. The number of amides is 1. The second-order valence-corrected chi connectivity index (χ2v) is 7.78. The fourth-order valence-corrected chi connectivity index (χ4v) is 3.91. The summed E-state index contributed by atoms with van der Waals surface area (Å²) in [6.45, 7) is 2.55. The van der Waals surface area contributed by atoms with Crippen LogP contribution in [0.2, 0.25) is 0 Å². The maximum atomic E-state index is 12.2. The van der Waals surface area contributed by atoms with Crippen molar-refractivity contribution in [3.63, 3.8) is 0 Å². The van der Waals surface area contributed by atoms with E-state index in [0.29, 0.717) is 18.9 Å². The van der Waals surface area contributed by atoms with E-state index < -0.39 is 0 Å². The number of benzene rings is 1. The fourth-order valence-electron chi connectivity index (χ4n) is 3.91. The first kappa shape index (κ1) is 18.9. The van der Waals surface area contributed by atoms with Crippen molar-refractivity contribution >= 4 is 16.9 Å². The van der Waals surface area contributed by atoms with Crippen LogP contribution in [0.15, 0.2) is 24.3 Å². The SMILES string of the molecule is CN(C)CCn1c(CCNC(=O)CC2CCCCC2)nc2ccccc21. The first-order chi connectivity index (χ1) is 12.6. The Hall–Kier alpha value is -1.88. The molecule has 0 unspecified atom stereocenters. The summed E-state index contributed by atoms with van der Waals surface area (Å²) in [7, 11) is 4.18. The van der Waals surface area contributed by atoms with E-state index >= 15 is 0 Å². The van der Waals surface area contributed by atoms with Gasteiger partial charge in [-0.15, -0.1) is 0 Å². The van der Waals surface area contributed by atoms with E-state index in [-0.39, 0.29) is 5.91 Å². The molecule has 0 saturated heterocycles. The molecule has 3 rings (SSSR count). The second kappa shape index (κ2) is 9.17. The number of nitrogens with zero attached hydrogens (tertiary/aromatic N) is 3. The monoisotopic (exact) mass is 356 g/mol. The number of fused-ring (bicyclic) bond motifs is 1. The van der Waals surface area contributed by atoms with Gasteiger partial charge in [-0.1, -0.05) is 31.4 Å². The topological polar surface area (TPSA) is 50.2 Å². The molecule has 1 aromatic heterocycles. The van der Waals surface area contributed by atoms with E-state index in [1.807, 2.05) is 6.07 Å². The van der Waals surface area contributed by atoms with Crippen LogP contribution in [0.4, 0.5) is 0 Å². The molecule has 1 fully saturated rings. The van der Waals surface area contributed by atoms with Gasteiger partial charge in [0.1, 0.15) is 5.82 Å². The van der Waals surface area contributed by atoms with E-state index in [0.717, 1.165) is 30.9 Å². The molecule has 0 bridgehead atoms. The standard InChI is InChI=1S/C21H32N4O/c1-24(2)14-15-25-19-11-7-6-10-18(19)23-20(25)12-13-22-21(26)16-17-8-4-3-5-9-17/h6-7,10-11,17H,3-5,8-9,12-16H2,1-2H3,(H,22,26). The van der Waals surface area contributed by atoms with Gasteiger partial charge in [0.25, 0.3) is 0 Å². The Labute approximate surface area is 156 Å². The van der Waals surface area contributed by atoms with E-state index in [2.05, 4.69) is 47.1 Å². The molecule has 1 aliphatic carbocycles. The Bertz CT molecular complexity index is 716. The number of rotatable bonds is 8. The molecule has 0 spiro atoms. The predicted octanol–water partition coefficient (Wildman–Crippen LogP) is 3.23. The average molecular weight is 357 g/mol. The van der Waals surface area contributed by atoms with Crippen molar-refractivity contribution in [1.82, 2.24) is 19.8 Å². The summed E-state index contributed by atoms with van der Waals surface area (Å²) in [6.07, 6.45) is 7.81. The number of likely N-dealkylation sites (N-methyl/N-ethyl adjacent to an activating group) is 1. The molecule has 1 amide bonds. The molecule has 1 heterocycles. The molecule has 1 N–H and O–H groups in total. The average Bonchev–Trinajstić information content (AvgIpc) is 2.98. The van der Waals surface area contributed by atoms with Crippen molar-refractivity contribution < 1.29 is 4.79 Å². The van der Waals surface area contributed by atoms with Gasteiger partial charge in [0.15, 0.2) is 0 Å². The van der Waals surface area contributed by atoms with Crippen LogP contribution in [-0.2, 0) is 17.8 Å². The first-order valence-electron chi connectivity index (χ1n) is 9.99. The number of imidazole rings is 1. The smallest absolute Gasteiger partial charge is 0.220 e. The summed E-state index contributed by atoms with van der Waals surface area (Å²) in [5, 5.41) is 3.11. The summed E-state index contributed by atoms with van der Waals surface area (Å²) < 4.78 is 2.29. The Morgan fingerprint density at radius 1 is 1.23 bits per heavy atom. The minimum atomic E-state index is 0.202. The van der Waals surface area contributed by atoms with E-state index in [1.165, 1.54) is 37.6 Å². The molecule has 1 saturated carbocycles. The number of hydrogen-bond acceptors (Lipinski definition) is 3. The first-order valence-corrected chi connectivity index (χ1v) is 9.99. The van der Waals surface area contributed by atoms with Crippen LogP contribution in [0.5, 0.6) is 0 Å². The van der Waals surface area contributed by atoms with Gasteiger partial charge in [0, 0.05) is 32.5 Å². The number of nitrogens with one attached hydrogen (secondary N) is 1. The van der Waals surface area contributed by atoms with Crippen LogP contribution in [0, 0.1) is 5.92 Å². The van der Waals surface area contributed by atoms with Gasteiger partial charge in [0.2, 0.25) is 5.91 Å². The quantitative estimate of drug-likeness (QED) is 0.790. The zero-order valence-corrected chi connectivity index (χ0v) is 16.2. The highest BCUT2D eigenvalue weighted by Gasteiger charge is 2.17. The zero-order chi connectivity index (χ0) is 18.4. The fraction of sp³-hybridized carbons (Fsp3) is 0.619. The molecule has 5 nitrogen and oxygen atoms in total. The molecule has 5 heteroatoms. The van der Waals surface area contributed by atoms with Gasteiger partial charge in [-0.05, 0) is 45.0 Å². The zero-order valence-electron chi connectivity index (χ0n) is 16.2. The molecule has 0 atom stereocenters. The molecule has 0 radical (unpaired) electrons. The lowest BCUT2D eigenvalue weighted by molar-refractivity contribution is -0.122. The number of carbonyl (C=O) groups is 1. The highest BCUT2D eigenvalue weighted by molar-refractivity contribution is 5.77. The van der Waals surface area contributed by atoms with Gasteiger partial charge < -0.3 is 14.8 Å². The maximum absolute atomic E-state index is 12.2. The molecule has 142 valence electrons. The lowest BCUT2D eigenvalue weighted by atomic mass is 9.87. The van der Waals surface area contributed by atoms with Gasteiger partial charge in [0.05, 0.1) is 11.0 Å². The lowest BCUT2D eigenvalue weighted by Crippen LogP contribution is -2.29. The number of aromatic nitrogens is 2. The molecule has 1 aromatic carbocycles. The number of carbonyl (C=O) groups excluding carboxylic acids is 1. The van der Waals surface area contributed by atoms with Gasteiger partial charge >= 0.3 is 0 Å². The Balaban J connectivity index is 1.57. The van der Waals surface area contributed by atoms with E-state index in [1.54, 1.807) is 0 Å². The van der Waals surface area contributed by atoms with Crippen molar-refractivity contribution in [1.29, 1.82) is 0 Å². The van der Waals surface area contributed by atoms with Crippen molar-refractivity contribution in [3.05, 3.63) is 30.1 Å². The predicted molar refractivity (Wildman–Crippen MR) is 106 cm³/mol. The summed E-state index contributed by atoms with van der Waals surface area (Å²) >= 11 is 0. The molecular weight excluding hydrogens is 324 g/mol.